The molecule has 1 N–H and O–H groups in total. The predicted molar refractivity (Wildman–Crippen MR) is 76.1 cm³/mol. The van der Waals surface area contributed by atoms with Crippen LogP contribution in [0.4, 0.5) is 0 Å². The number of rotatable bonds is 2. The van der Waals surface area contributed by atoms with Gasteiger partial charge in [-0.15, -0.1) is 11.3 Å². The quantitative estimate of drug-likeness (QED) is 0.901. The summed E-state index contributed by atoms with van der Waals surface area (Å²) in [6, 6.07) is 0. The molecule has 2 fully saturated rings. The van der Waals surface area contributed by atoms with E-state index < -0.39 is 0 Å². The van der Waals surface area contributed by atoms with Crippen LogP contribution in [0, 0.1) is 6.92 Å². The summed E-state index contributed by atoms with van der Waals surface area (Å²) in [7, 11) is 0. The molecule has 0 aliphatic carbocycles. The van der Waals surface area contributed by atoms with E-state index in [4.69, 9.17) is 0 Å². The number of nitrogens with zero attached hydrogens (tertiary/aromatic N) is 2. The molecule has 1 aromatic rings. The van der Waals surface area contributed by atoms with Crippen molar-refractivity contribution < 1.29 is 4.79 Å². The van der Waals surface area contributed by atoms with Gasteiger partial charge in [0.05, 0.1) is 10.7 Å². The van der Waals surface area contributed by atoms with Gasteiger partial charge in [-0.2, -0.15) is 0 Å². The highest BCUT2D eigenvalue weighted by atomic mass is 32.1. The van der Waals surface area contributed by atoms with Crippen molar-refractivity contribution in [3.8, 4) is 0 Å². The SMILES string of the molecule is Cc1nc(CN2CCC3(CCCC(=O)N3)CC2)cs1. The van der Waals surface area contributed by atoms with Crippen LogP contribution in [0.2, 0.25) is 0 Å². The van der Waals surface area contributed by atoms with Gasteiger partial charge in [0, 0.05) is 37.0 Å². The Morgan fingerprint density at radius 1 is 1.42 bits per heavy atom. The number of thiazole rings is 1. The molecule has 104 valence electrons. The molecule has 5 heteroatoms. The predicted octanol–water partition coefficient (Wildman–Crippen LogP) is 2.09. The molecule has 3 rings (SSSR count). The normalized spacial score (nSPS) is 23.5. The van der Waals surface area contributed by atoms with Crippen molar-refractivity contribution in [2.75, 3.05) is 13.1 Å². The van der Waals surface area contributed by atoms with Gasteiger partial charge in [0.2, 0.25) is 5.91 Å². The van der Waals surface area contributed by atoms with Gasteiger partial charge in [-0.1, -0.05) is 0 Å². The van der Waals surface area contributed by atoms with Crippen molar-refractivity contribution in [1.82, 2.24) is 15.2 Å². The number of aromatic nitrogens is 1. The standard InChI is InChI=1S/C14H21N3OS/c1-11-15-12(10-19-11)9-17-7-5-14(6-8-17)4-2-3-13(18)16-14/h10H,2-9H2,1H3,(H,16,18). The lowest BCUT2D eigenvalue weighted by Gasteiger charge is -2.44. The van der Waals surface area contributed by atoms with Gasteiger partial charge in [-0.05, 0) is 32.6 Å². The Morgan fingerprint density at radius 2 is 2.21 bits per heavy atom. The molecule has 0 atom stereocenters. The van der Waals surface area contributed by atoms with Crippen LogP contribution in [0.25, 0.3) is 0 Å². The molecule has 3 heterocycles. The van der Waals surface area contributed by atoms with Gasteiger partial charge >= 0.3 is 0 Å². The Morgan fingerprint density at radius 3 is 2.84 bits per heavy atom. The van der Waals surface area contributed by atoms with E-state index in [0.717, 1.165) is 50.3 Å². The number of likely N-dealkylation sites (tertiary alicyclic amines) is 1. The second-order valence-electron chi connectivity index (χ2n) is 5.82. The monoisotopic (exact) mass is 279 g/mol. The van der Waals surface area contributed by atoms with Gasteiger partial charge in [0.25, 0.3) is 0 Å². The summed E-state index contributed by atoms with van der Waals surface area (Å²) in [4.78, 5) is 18.6. The second-order valence-corrected chi connectivity index (χ2v) is 6.88. The fourth-order valence-electron chi connectivity index (χ4n) is 3.23. The van der Waals surface area contributed by atoms with E-state index in [1.165, 1.54) is 5.69 Å². The maximum absolute atomic E-state index is 11.6. The van der Waals surface area contributed by atoms with Crippen molar-refractivity contribution >= 4 is 17.2 Å². The largest absolute Gasteiger partial charge is 0.351 e. The highest BCUT2D eigenvalue weighted by Gasteiger charge is 2.37. The molecular formula is C14H21N3OS. The molecule has 0 bridgehead atoms. The van der Waals surface area contributed by atoms with Crippen molar-refractivity contribution in [3.63, 3.8) is 0 Å². The molecule has 1 spiro atoms. The van der Waals surface area contributed by atoms with Crippen LogP contribution in [0.5, 0.6) is 0 Å². The van der Waals surface area contributed by atoms with Gasteiger partial charge in [0.1, 0.15) is 0 Å². The molecule has 0 aromatic carbocycles. The number of hydrogen-bond acceptors (Lipinski definition) is 4. The van der Waals surface area contributed by atoms with E-state index in [0.29, 0.717) is 6.42 Å². The van der Waals surface area contributed by atoms with Crippen LogP contribution in [0.1, 0.15) is 42.8 Å². The molecule has 19 heavy (non-hydrogen) atoms. The molecule has 2 aliphatic heterocycles. The summed E-state index contributed by atoms with van der Waals surface area (Å²) in [5.41, 5.74) is 1.29. The first kappa shape index (κ1) is 13.1. The Labute approximate surface area is 118 Å². The Kier molecular flexibility index (Phi) is 3.58. The van der Waals surface area contributed by atoms with Gasteiger partial charge in [-0.25, -0.2) is 4.98 Å². The third kappa shape index (κ3) is 2.98. The fraction of sp³-hybridized carbons (Fsp3) is 0.714. The number of carbonyl (C=O) groups is 1. The molecule has 2 aliphatic rings. The summed E-state index contributed by atoms with van der Waals surface area (Å²) in [5.74, 6) is 0.245. The zero-order valence-electron chi connectivity index (χ0n) is 11.4. The first-order valence-corrected chi connectivity index (χ1v) is 7.98. The van der Waals surface area contributed by atoms with Crippen molar-refractivity contribution in [3.05, 3.63) is 16.1 Å². The summed E-state index contributed by atoms with van der Waals surface area (Å²) in [6.45, 7) is 5.14. The lowest BCUT2D eigenvalue weighted by molar-refractivity contribution is -0.126. The second kappa shape index (κ2) is 5.21. The lowest BCUT2D eigenvalue weighted by Crippen LogP contribution is -2.57. The minimum absolute atomic E-state index is 0.101. The van der Waals surface area contributed by atoms with Crippen molar-refractivity contribution in [2.45, 2.75) is 51.1 Å². The van der Waals surface area contributed by atoms with Crippen LogP contribution in [0.3, 0.4) is 0 Å². The van der Waals surface area contributed by atoms with Crippen LogP contribution in [0.15, 0.2) is 5.38 Å². The Bertz CT molecular complexity index is 463. The Balaban J connectivity index is 1.55. The summed E-state index contributed by atoms with van der Waals surface area (Å²) < 4.78 is 0. The van der Waals surface area contributed by atoms with E-state index in [1.54, 1.807) is 11.3 Å². The van der Waals surface area contributed by atoms with E-state index in [1.807, 2.05) is 0 Å². The van der Waals surface area contributed by atoms with Crippen LogP contribution >= 0.6 is 11.3 Å². The average molecular weight is 279 g/mol. The molecule has 0 radical (unpaired) electrons. The van der Waals surface area contributed by atoms with E-state index >= 15 is 0 Å². The van der Waals surface area contributed by atoms with E-state index in [-0.39, 0.29) is 11.4 Å². The molecule has 1 amide bonds. The highest BCUT2D eigenvalue weighted by Crippen LogP contribution is 2.31. The van der Waals surface area contributed by atoms with E-state index in [9.17, 15) is 4.79 Å². The molecular weight excluding hydrogens is 258 g/mol. The van der Waals surface area contributed by atoms with E-state index in [2.05, 4.69) is 27.5 Å². The minimum Gasteiger partial charge on any atom is -0.351 e. The van der Waals surface area contributed by atoms with Crippen LogP contribution < -0.4 is 5.32 Å². The highest BCUT2D eigenvalue weighted by molar-refractivity contribution is 7.09. The fourth-order valence-corrected chi connectivity index (χ4v) is 3.84. The molecule has 2 saturated heterocycles. The number of nitrogens with one attached hydrogen (secondary N) is 1. The minimum atomic E-state index is 0.101. The molecule has 0 unspecified atom stereocenters. The maximum atomic E-state index is 11.6. The summed E-state index contributed by atoms with van der Waals surface area (Å²) >= 11 is 1.72. The Hall–Kier alpha value is -0.940. The van der Waals surface area contributed by atoms with Gasteiger partial charge < -0.3 is 5.32 Å². The maximum Gasteiger partial charge on any atom is 0.220 e. The topological polar surface area (TPSA) is 45.2 Å². The summed E-state index contributed by atoms with van der Waals surface area (Å²) in [5, 5.41) is 6.54. The first-order valence-electron chi connectivity index (χ1n) is 7.10. The zero-order valence-corrected chi connectivity index (χ0v) is 12.3. The number of hydrogen-bond donors (Lipinski definition) is 1. The first-order chi connectivity index (χ1) is 9.15. The third-order valence-electron chi connectivity index (χ3n) is 4.33. The van der Waals surface area contributed by atoms with Crippen molar-refractivity contribution in [2.24, 2.45) is 0 Å². The number of amides is 1. The average Bonchev–Trinajstić information content (AvgIpc) is 2.78. The van der Waals surface area contributed by atoms with Crippen molar-refractivity contribution in [1.29, 1.82) is 0 Å². The zero-order chi connectivity index (χ0) is 13.3. The van der Waals surface area contributed by atoms with Crippen LogP contribution in [-0.2, 0) is 11.3 Å². The van der Waals surface area contributed by atoms with Gasteiger partial charge in [-0.3, -0.25) is 9.69 Å². The summed E-state index contributed by atoms with van der Waals surface area (Å²) in [6.07, 6.45) is 5.09. The number of piperidine rings is 2. The lowest BCUT2D eigenvalue weighted by atomic mass is 9.80. The van der Waals surface area contributed by atoms with Crippen LogP contribution in [-0.4, -0.2) is 34.4 Å². The number of aryl methyl sites for hydroxylation is 1. The number of carbonyl (C=O) groups excluding carboxylic acids is 1. The molecule has 1 aromatic heterocycles. The smallest absolute Gasteiger partial charge is 0.220 e. The van der Waals surface area contributed by atoms with Gasteiger partial charge in [0.15, 0.2) is 0 Å². The molecule has 4 nitrogen and oxygen atoms in total. The third-order valence-corrected chi connectivity index (χ3v) is 5.15. The molecule has 0 saturated carbocycles.